The Balaban J connectivity index is 5.77. The molecule has 0 atom stereocenters. The summed E-state index contributed by atoms with van der Waals surface area (Å²) in [6.07, 6.45) is 0. The van der Waals surface area contributed by atoms with Crippen molar-refractivity contribution in [2.75, 3.05) is 0 Å². The van der Waals surface area contributed by atoms with Crippen LogP contribution in [0.5, 0.6) is 0 Å². The van der Waals surface area contributed by atoms with Crippen LogP contribution in [-0.2, 0) is 15.7 Å². The predicted octanol–water partition coefficient (Wildman–Crippen LogP) is 6.17. The van der Waals surface area contributed by atoms with Crippen LogP contribution in [0.3, 0.4) is 0 Å². The average Bonchev–Trinajstić information content (AvgIpc) is 1.95. The van der Waals surface area contributed by atoms with Crippen LogP contribution in [0.1, 0.15) is 69.2 Å². The van der Waals surface area contributed by atoms with E-state index in [9.17, 15) is 3.69 Å². The van der Waals surface area contributed by atoms with E-state index < -0.39 is 15.7 Å². The number of hydrogen-bond donors (Lipinski definition) is 1. The van der Waals surface area contributed by atoms with E-state index in [1.807, 2.05) is 0 Å². The Kier molecular flexibility index (Phi) is 5.42. The molecule has 0 rings (SSSR count). The summed E-state index contributed by atoms with van der Waals surface area (Å²) in [5.74, 6) is 0. The van der Waals surface area contributed by atoms with Gasteiger partial charge in [0.1, 0.15) is 0 Å². The van der Waals surface area contributed by atoms with Crippen molar-refractivity contribution in [2.24, 2.45) is 10.8 Å². The maximum atomic E-state index is 12.0. The van der Waals surface area contributed by atoms with Gasteiger partial charge in [-0.1, -0.05) is 0 Å². The van der Waals surface area contributed by atoms with E-state index in [1.54, 1.807) is 0 Å². The standard InChI is InChI=1S/2C5H11.2C3H7.H2O.Ti/c2*1-5(2,3)4;2*1-3-2;;/h2*1H2,2-4H3;2*3H,1-2H3;1H2;/q;;;;;+1/p-1. The zero-order valence-corrected chi connectivity index (χ0v) is 16.1. The SMILES string of the molecule is C[CH](C)[Ti]([OH])([CH2]C(C)(C)C)([CH2]C(C)(C)C)[CH](C)C. The van der Waals surface area contributed by atoms with Crippen molar-refractivity contribution in [1.29, 1.82) is 0 Å². The van der Waals surface area contributed by atoms with E-state index in [2.05, 4.69) is 69.2 Å². The molecule has 0 radical (unpaired) electrons. The molecule has 0 aliphatic carbocycles. The van der Waals surface area contributed by atoms with Gasteiger partial charge >= 0.3 is 117 Å². The molecule has 0 aliphatic heterocycles. The molecule has 0 aromatic carbocycles. The van der Waals surface area contributed by atoms with Crippen molar-refractivity contribution < 1.29 is 19.4 Å². The van der Waals surface area contributed by atoms with Crippen molar-refractivity contribution in [1.82, 2.24) is 0 Å². The maximum absolute atomic E-state index is 12.0. The zero-order valence-electron chi connectivity index (χ0n) is 14.5. The first-order valence-electron chi connectivity index (χ1n) is 7.52. The Bertz CT molecular complexity index is 250. The summed E-state index contributed by atoms with van der Waals surface area (Å²) in [5, 5.41) is 0. The monoisotopic (exact) mass is 293 g/mol. The Morgan fingerprint density at radius 1 is 0.722 bits per heavy atom. The molecule has 0 heterocycles. The Morgan fingerprint density at radius 2 is 0.944 bits per heavy atom. The van der Waals surface area contributed by atoms with E-state index in [4.69, 9.17) is 0 Å². The minimum absolute atomic E-state index is 0.214. The average molecular weight is 293 g/mol. The van der Waals surface area contributed by atoms with Crippen LogP contribution in [0.2, 0.25) is 17.9 Å². The van der Waals surface area contributed by atoms with Crippen molar-refractivity contribution in [2.45, 2.75) is 87.1 Å². The molecule has 0 amide bonds. The summed E-state index contributed by atoms with van der Waals surface area (Å²) >= 11 is -3.52. The van der Waals surface area contributed by atoms with Crippen molar-refractivity contribution in [3.8, 4) is 0 Å². The molecule has 0 unspecified atom stereocenters. The summed E-state index contributed by atoms with van der Waals surface area (Å²) in [6.45, 7) is 22.7. The van der Waals surface area contributed by atoms with E-state index in [-0.39, 0.29) is 10.8 Å². The van der Waals surface area contributed by atoms with E-state index in [1.165, 1.54) is 0 Å². The molecule has 0 aromatic rings. The molecule has 0 saturated carbocycles. The molecule has 0 aliphatic rings. The van der Waals surface area contributed by atoms with Crippen LogP contribution in [0.4, 0.5) is 0 Å². The number of rotatable bonds is 4. The minimum atomic E-state index is -3.52. The second-order valence-corrected chi connectivity index (χ2v) is 19.9. The summed E-state index contributed by atoms with van der Waals surface area (Å²) < 4.78 is 15.0. The zero-order chi connectivity index (χ0) is 15.0. The molecule has 1 N–H and O–H groups in total. The molecule has 18 heavy (non-hydrogen) atoms. The third-order valence-electron chi connectivity index (χ3n) is 4.69. The van der Waals surface area contributed by atoms with Crippen LogP contribution in [0, 0.1) is 10.8 Å². The van der Waals surface area contributed by atoms with E-state index in [0.29, 0.717) is 8.45 Å². The third kappa shape index (κ3) is 4.35. The fourth-order valence-corrected chi connectivity index (χ4v) is 16.5. The Labute approximate surface area is 117 Å². The van der Waals surface area contributed by atoms with Gasteiger partial charge in [-0.15, -0.1) is 0 Å². The van der Waals surface area contributed by atoms with Gasteiger partial charge in [-0.2, -0.15) is 0 Å². The normalized spacial score (nSPS) is 17.1. The summed E-state index contributed by atoms with van der Waals surface area (Å²) in [4.78, 5) is 0. The molecule has 0 fully saturated rings. The van der Waals surface area contributed by atoms with Gasteiger partial charge in [-0.05, 0) is 0 Å². The first-order valence-corrected chi connectivity index (χ1v) is 12.2. The van der Waals surface area contributed by atoms with Crippen molar-refractivity contribution in [3.63, 3.8) is 0 Å². The van der Waals surface area contributed by atoms with Gasteiger partial charge in [-0.25, -0.2) is 0 Å². The first kappa shape index (κ1) is 18.7. The Hall–Kier alpha value is 0.674. The molecular formula is C16H37OTi. The van der Waals surface area contributed by atoms with Gasteiger partial charge in [0.05, 0.1) is 0 Å². The molecule has 0 spiro atoms. The molecule has 1 nitrogen and oxygen atoms in total. The van der Waals surface area contributed by atoms with Crippen LogP contribution in [0.25, 0.3) is 0 Å². The Morgan fingerprint density at radius 3 is 1.06 bits per heavy atom. The molecule has 111 valence electrons. The van der Waals surface area contributed by atoms with Gasteiger partial charge in [0.2, 0.25) is 0 Å². The van der Waals surface area contributed by atoms with E-state index in [0.717, 1.165) is 9.45 Å². The summed E-state index contributed by atoms with van der Waals surface area (Å²) in [7, 11) is 0. The van der Waals surface area contributed by atoms with Crippen LogP contribution < -0.4 is 0 Å². The molecule has 0 saturated heterocycles. The fraction of sp³-hybridized carbons (Fsp3) is 1.00. The van der Waals surface area contributed by atoms with Gasteiger partial charge in [0, 0.05) is 0 Å². The third-order valence-corrected chi connectivity index (χ3v) is 19.4. The van der Waals surface area contributed by atoms with Crippen LogP contribution in [0.15, 0.2) is 0 Å². The molecular weight excluding hydrogens is 256 g/mol. The first-order chi connectivity index (χ1) is 7.61. The van der Waals surface area contributed by atoms with Crippen molar-refractivity contribution >= 4 is 0 Å². The summed E-state index contributed by atoms with van der Waals surface area (Å²) in [5.41, 5.74) is 0.428. The predicted molar refractivity (Wildman–Crippen MR) is 80.9 cm³/mol. The summed E-state index contributed by atoms with van der Waals surface area (Å²) in [6, 6.07) is 0. The van der Waals surface area contributed by atoms with Gasteiger partial charge in [-0.3, -0.25) is 0 Å². The van der Waals surface area contributed by atoms with Crippen LogP contribution >= 0.6 is 0 Å². The quantitative estimate of drug-likeness (QED) is 0.615. The second kappa shape index (κ2) is 5.22. The topological polar surface area (TPSA) is 20.2 Å². The van der Waals surface area contributed by atoms with E-state index >= 15 is 0 Å². The second-order valence-electron chi connectivity index (χ2n) is 9.59. The molecule has 0 bridgehead atoms. The van der Waals surface area contributed by atoms with Gasteiger partial charge in [0.15, 0.2) is 0 Å². The number of hydrogen-bond acceptors (Lipinski definition) is 1. The van der Waals surface area contributed by atoms with Crippen LogP contribution in [-0.4, -0.2) is 3.69 Å². The fourth-order valence-electron chi connectivity index (χ4n) is 3.99. The van der Waals surface area contributed by atoms with Gasteiger partial charge < -0.3 is 0 Å². The molecule has 2 heteroatoms. The van der Waals surface area contributed by atoms with Gasteiger partial charge in [0.25, 0.3) is 0 Å². The van der Waals surface area contributed by atoms with Crippen molar-refractivity contribution in [3.05, 3.63) is 0 Å². The molecule has 0 aromatic heterocycles.